The van der Waals surface area contributed by atoms with Gasteiger partial charge in [0.15, 0.2) is 5.79 Å². The third kappa shape index (κ3) is 4.72. The molecular formula is C16H24N2O3. The molecule has 1 aliphatic heterocycles. The number of hydrogen-bond donors (Lipinski definition) is 2. The zero-order valence-corrected chi connectivity index (χ0v) is 12.9. The number of ether oxygens (including phenoxy) is 2. The van der Waals surface area contributed by atoms with Crippen LogP contribution in [0.3, 0.4) is 0 Å². The minimum Gasteiger partial charge on any atom is -0.378 e. The third-order valence-corrected chi connectivity index (χ3v) is 3.30. The Hall–Kier alpha value is -1.59. The summed E-state index contributed by atoms with van der Waals surface area (Å²) in [5, 5.41) is 6.21. The van der Waals surface area contributed by atoms with E-state index in [1.54, 1.807) is 0 Å². The average Bonchev–Trinajstić information content (AvgIpc) is 2.47. The van der Waals surface area contributed by atoms with Crippen molar-refractivity contribution in [3.05, 3.63) is 29.8 Å². The van der Waals surface area contributed by atoms with E-state index in [4.69, 9.17) is 9.47 Å². The summed E-state index contributed by atoms with van der Waals surface area (Å²) in [7, 11) is 0. The van der Waals surface area contributed by atoms with E-state index in [2.05, 4.69) is 10.6 Å². The van der Waals surface area contributed by atoms with E-state index in [9.17, 15) is 4.79 Å². The maximum Gasteiger partial charge on any atom is 0.251 e. The second-order valence-corrected chi connectivity index (χ2v) is 5.70. The van der Waals surface area contributed by atoms with Gasteiger partial charge in [0.1, 0.15) is 0 Å². The summed E-state index contributed by atoms with van der Waals surface area (Å²) in [6.45, 7) is 7.70. The van der Waals surface area contributed by atoms with E-state index in [0.717, 1.165) is 12.1 Å². The summed E-state index contributed by atoms with van der Waals surface area (Å²) in [5.74, 6) is -0.558. The summed E-state index contributed by atoms with van der Waals surface area (Å²) >= 11 is 0. The summed E-state index contributed by atoms with van der Waals surface area (Å²) in [5.41, 5.74) is 1.56. The van der Waals surface area contributed by atoms with Gasteiger partial charge in [0, 0.05) is 17.8 Å². The fourth-order valence-corrected chi connectivity index (χ4v) is 2.10. The van der Waals surface area contributed by atoms with Gasteiger partial charge in [-0.2, -0.15) is 0 Å². The molecule has 1 amide bonds. The van der Waals surface area contributed by atoms with Crippen LogP contribution in [-0.4, -0.2) is 37.5 Å². The van der Waals surface area contributed by atoms with E-state index in [1.165, 1.54) is 0 Å². The van der Waals surface area contributed by atoms with Gasteiger partial charge in [0.25, 0.3) is 5.91 Å². The van der Waals surface area contributed by atoms with Crippen molar-refractivity contribution in [1.29, 1.82) is 0 Å². The molecule has 0 radical (unpaired) electrons. The molecule has 1 aliphatic rings. The monoisotopic (exact) mass is 292 g/mol. The zero-order chi connectivity index (χ0) is 15.3. The van der Waals surface area contributed by atoms with Crippen LogP contribution in [0.4, 0.5) is 5.69 Å². The minimum atomic E-state index is -0.514. The maximum absolute atomic E-state index is 11.9. The number of hydrogen-bond acceptors (Lipinski definition) is 4. The van der Waals surface area contributed by atoms with Crippen molar-refractivity contribution in [2.75, 3.05) is 25.1 Å². The molecule has 0 saturated carbocycles. The largest absolute Gasteiger partial charge is 0.378 e. The van der Waals surface area contributed by atoms with Gasteiger partial charge in [-0.05, 0) is 38.5 Å². The lowest BCUT2D eigenvalue weighted by molar-refractivity contribution is -0.247. The van der Waals surface area contributed by atoms with E-state index in [1.807, 2.05) is 45.0 Å². The molecule has 0 unspecified atom stereocenters. The highest BCUT2D eigenvalue weighted by Crippen LogP contribution is 2.20. The SMILES string of the molecule is CCCNC(=O)c1cccc(NC2COC(C)(C)OC2)c1. The summed E-state index contributed by atoms with van der Waals surface area (Å²) in [4.78, 5) is 11.9. The Morgan fingerprint density at radius 3 is 2.71 bits per heavy atom. The smallest absolute Gasteiger partial charge is 0.251 e. The van der Waals surface area contributed by atoms with Gasteiger partial charge in [0.05, 0.1) is 19.3 Å². The molecule has 0 bridgehead atoms. The highest BCUT2D eigenvalue weighted by molar-refractivity contribution is 5.95. The van der Waals surface area contributed by atoms with Gasteiger partial charge in [0.2, 0.25) is 0 Å². The number of benzene rings is 1. The Labute approximate surface area is 126 Å². The normalized spacial score (nSPS) is 18.2. The lowest BCUT2D eigenvalue weighted by Gasteiger charge is -2.35. The van der Waals surface area contributed by atoms with Crippen molar-refractivity contribution >= 4 is 11.6 Å². The van der Waals surface area contributed by atoms with Crippen LogP contribution in [0.5, 0.6) is 0 Å². The maximum atomic E-state index is 11.9. The van der Waals surface area contributed by atoms with Crippen molar-refractivity contribution in [1.82, 2.24) is 5.32 Å². The van der Waals surface area contributed by atoms with Crippen molar-refractivity contribution in [2.45, 2.75) is 39.0 Å². The predicted molar refractivity (Wildman–Crippen MR) is 82.5 cm³/mol. The van der Waals surface area contributed by atoms with Crippen LogP contribution in [0.1, 0.15) is 37.6 Å². The van der Waals surface area contributed by atoms with Crippen molar-refractivity contribution in [3.63, 3.8) is 0 Å². The van der Waals surface area contributed by atoms with Crippen LogP contribution in [0.2, 0.25) is 0 Å². The molecule has 116 valence electrons. The van der Waals surface area contributed by atoms with Crippen LogP contribution in [-0.2, 0) is 9.47 Å². The standard InChI is InChI=1S/C16H24N2O3/c1-4-8-17-15(19)12-6-5-7-13(9-12)18-14-10-20-16(2,3)21-11-14/h5-7,9,14,18H,4,8,10-11H2,1-3H3,(H,17,19). The molecule has 2 N–H and O–H groups in total. The summed E-state index contributed by atoms with van der Waals surface area (Å²) in [6.07, 6.45) is 0.927. The van der Waals surface area contributed by atoms with Gasteiger partial charge < -0.3 is 20.1 Å². The van der Waals surface area contributed by atoms with Gasteiger partial charge in [-0.3, -0.25) is 4.79 Å². The zero-order valence-electron chi connectivity index (χ0n) is 12.9. The summed E-state index contributed by atoms with van der Waals surface area (Å²) < 4.78 is 11.2. The lowest BCUT2D eigenvalue weighted by atomic mass is 10.1. The van der Waals surface area contributed by atoms with Gasteiger partial charge in [-0.25, -0.2) is 0 Å². The number of anilines is 1. The first-order valence-electron chi connectivity index (χ1n) is 7.43. The molecule has 1 aromatic carbocycles. The molecule has 5 nitrogen and oxygen atoms in total. The number of carbonyl (C=O) groups excluding carboxylic acids is 1. The number of nitrogens with one attached hydrogen (secondary N) is 2. The molecule has 1 saturated heterocycles. The van der Waals surface area contributed by atoms with Crippen molar-refractivity contribution in [2.24, 2.45) is 0 Å². The molecule has 0 spiro atoms. The van der Waals surface area contributed by atoms with Crippen LogP contribution in [0.25, 0.3) is 0 Å². The first-order chi connectivity index (χ1) is 10.00. The second kappa shape index (κ2) is 6.91. The Bertz CT molecular complexity index is 478. The van der Waals surface area contributed by atoms with Crippen LogP contribution in [0.15, 0.2) is 24.3 Å². The number of amides is 1. The third-order valence-electron chi connectivity index (χ3n) is 3.30. The Morgan fingerprint density at radius 1 is 1.33 bits per heavy atom. The van der Waals surface area contributed by atoms with Crippen LogP contribution >= 0.6 is 0 Å². The number of carbonyl (C=O) groups is 1. The van der Waals surface area contributed by atoms with Crippen molar-refractivity contribution in [3.8, 4) is 0 Å². The Kier molecular flexibility index (Phi) is 5.20. The quantitative estimate of drug-likeness (QED) is 0.875. The predicted octanol–water partition coefficient (Wildman–Crippen LogP) is 2.39. The molecule has 0 aromatic heterocycles. The lowest BCUT2D eigenvalue weighted by Crippen LogP contribution is -2.45. The molecular weight excluding hydrogens is 268 g/mol. The van der Waals surface area contributed by atoms with Crippen LogP contribution < -0.4 is 10.6 Å². The molecule has 0 atom stereocenters. The topological polar surface area (TPSA) is 59.6 Å². The van der Waals surface area contributed by atoms with Gasteiger partial charge >= 0.3 is 0 Å². The van der Waals surface area contributed by atoms with E-state index >= 15 is 0 Å². The first kappa shape index (κ1) is 15.8. The van der Waals surface area contributed by atoms with E-state index in [0.29, 0.717) is 25.3 Å². The minimum absolute atomic E-state index is 0.0437. The molecule has 1 heterocycles. The second-order valence-electron chi connectivity index (χ2n) is 5.70. The molecule has 5 heteroatoms. The van der Waals surface area contributed by atoms with Gasteiger partial charge in [-0.1, -0.05) is 13.0 Å². The molecule has 2 rings (SSSR count). The Morgan fingerprint density at radius 2 is 2.05 bits per heavy atom. The van der Waals surface area contributed by atoms with Crippen molar-refractivity contribution < 1.29 is 14.3 Å². The fraction of sp³-hybridized carbons (Fsp3) is 0.562. The highest BCUT2D eigenvalue weighted by Gasteiger charge is 2.28. The molecule has 1 aromatic rings. The highest BCUT2D eigenvalue weighted by atomic mass is 16.7. The number of rotatable bonds is 5. The molecule has 1 fully saturated rings. The van der Waals surface area contributed by atoms with Crippen LogP contribution in [0, 0.1) is 0 Å². The first-order valence-corrected chi connectivity index (χ1v) is 7.43. The average molecular weight is 292 g/mol. The molecule has 0 aliphatic carbocycles. The fourth-order valence-electron chi connectivity index (χ4n) is 2.10. The van der Waals surface area contributed by atoms with Gasteiger partial charge in [-0.15, -0.1) is 0 Å². The van der Waals surface area contributed by atoms with E-state index < -0.39 is 5.79 Å². The Balaban J connectivity index is 1.94. The van der Waals surface area contributed by atoms with E-state index in [-0.39, 0.29) is 11.9 Å². The molecule has 21 heavy (non-hydrogen) atoms. The summed E-state index contributed by atoms with van der Waals surface area (Å²) in [6, 6.07) is 7.57.